The van der Waals surface area contributed by atoms with Crippen molar-refractivity contribution in [3.05, 3.63) is 71.8 Å². The molecule has 0 saturated carbocycles. The predicted octanol–water partition coefficient (Wildman–Crippen LogP) is 4.34. The van der Waals surface area contributed by atoms with Gasteiger partial charge < -0.3 is 24.4 Å². The molecule has 3 aromatic rings. The molecule has 0 unspecified atom stereocenters. The van der Waals surface area contributed by atoms with E-state index in [1.54, 1.807) is 67.7 Å². The number of anilines is 2. The molecule has 0 aliphatic carbocycles. The van der Waals surface area contributed by atoms with Crippen LogP contribution in [0.4, 0.5) is 11.4 Å². The zero-order chi connectivity index (χ0) is 21.3. The highest BCUT2D eigenvalue weighted by atomic mass is 16.5. The zero-order valence-corrected chi connectivity index (χ0v) is 16.8. The van der Waals surface area contributed by atoms with Crippen molar-refractivity contribution in [1.29, 1.82) is 0 Å². The van der Waals surface area contributed by atoms with Gasteiger partial charge in [-0.25, -0.2) is 0 Å². The van der Waals surface area contributed by atoms with Crippen molar-refractivity contribution in [2.24, 2.45) is 0 Å². The predicted molar refractivity (Wildman–Crippen MR) is 113 cm³/mol. The first-order chi connectivity index (χ1) is 14.5. The van der Waals surface area contributed by atoms with Crippen LogP contribution in [0.15, 0.2) is 60.7 Å². The lowest BCUT2D eigenvalue weighted by atomic mass is 10.1. The Morgan fingerprint density at radius 1 is 0.933 bits per heavy atom. The molecule has 0 saturated heterocycles. The van der Waals surface area contributed by atoms with Gasteiger partial charge >= 0.3 is 0 Å². The molecule has 3 aromatic carbocycles. The number of fused-ring (bicyclic) bond motifs is 2. The lowest BCUT2D eigenvalue weighted by Crippen LogP contribution is -2.25. The number of carbonyl (C=O) groups excluding carboxylic acids is 2. The Kier molecular flexibility index (Phi) is 5.02. The summed E-state index contributed by atoms with van der Waals surface area (Å²) in [5.41, 5.74) is 1.88. The van der Waals surface area contributed by atoms with Crippen LogP contribution in [0.2, 0.25) is 0 Å². The molecule has 2 amide bonds. The Hall–Kier alpha value is -4.00. The molecule has 1 aliphatic rings. The maximum atomic E-state index is 12.9. The molecule has 0 atom stereocenters. The molecule has 0 bridgehead atoms. The summed E-state index contributed by atoms with van der Waals surface area (Å²) in [6, 6.07) is 17.1. The third-order valence-corrected chi connectivity index (χ3v) is 4.83. The van der Waals surface area contributed by atoms with E-state index < -0.39 is 0 Å². The van der Waals surface area contributed by atoms with E-state index in [9.17, 15) is 9.59 Å². The van der Waals surface area contributed by atoms with Crippen LogP contribution in [0.3, 0.4) is 0 Å². The number of hydrogen-bond donors (Lipinski definition) is 1. The van der Waals surface area contributed by atoms with Crippen LogP contribution in [0.5, 0.6) is 23.0 Å². The molecule has 0 aromatic heterocycles. The van der Waals surface area contributed by atoms with Crippen molar-refractivity contribution in [2.75, 3.05) is 31.5 Å². The molecule has 0 spiro atoms. The minimum absolute atomic E-state index is 0.209. The zero-order valence-electron chi connectivity index (χ0n) is 16.8. The number of hydrogen-bond acceptors (Lipinski definition) is 5. The summed E-state index contributed by atoms with van der Waals surface area (Å²) < 4.78 is 16.4. The van der Waals surface area contributed by atoms with E-state index in [1.165, 1.54) is 19.1 Å². The molecule has 7 heteroatoms. The fourth-order valence-corrected chi connectivity index (χ4v) is 3.23. The van der Waals surface area contributed by atoms with Gasteiger partial charge in [0.15, 0.2) is 5.75 Å². The minimum Gasteiger partial charge on any atom is -0.497 e. The van der Waals surface area contributed by atoms with Crippen molar-refractivity contribution in [3.8, 4) is 23.0 Å². The summed E-state index contributed by atoms with van der Waals surface area (Å²) in [6.45, 7) is 0. The summed E-state index contributed by atoms with van der Waals surface area (Å²) in [5, 5.41) is 2.83. The smallest absolute Gasteiger partial charge is 0.261 e. The van der Waals surface area contributed by atoms with Crippen LogP contribution in [-0.4, -0.2) is 33.1 Å². The highest BCUT2D eigenvalue weighted by Crippen LogP contribution is 2.38. The van der Waals surface area contributed by atoms with Crippen LogP contribution < -0.4 is 24.4 Å². The van der Waals surface area contributed by atoms with E-state index in [4.69, 9.17) is 14.2 Å². The van der Waals surface area contributed by atoms with Gasteiger partial charge in [-0.15, -0.1) is 0 Å². The number of amides is 2. The fraction of sp³-hybridized carbons (Fsp3) is 0.130. The Bertz CT molecular complexity index is 1120. The monoisotopic (exact) mass is 404 g/mol. The molecular weight excluding hydrogens is 384 g/mol. The molecule has 1 aliphatic heterocycles. The van der Waals surface area contributed by atoms with Gasteiger partial charge in [-0.3, -0.25) is 9.59 Å². The number of carbonyl (C=O) groups is 2. The molecule has 30 heavy (non-hydrogen) atoms. The number of benzene rings is 3. The van der Waals surface area contributed by atoms with Gasteiger partial charge in [-0.2, -0.15) is 0 Å². The van der Waals surface area contributed by atoms with E-state index in [-0.39, 0.29) is 11.8 Å². The lowest BCUT2D eigenvalue weighted by Gasteiger charge is -2.17. The molecule has 0 radical (unpaired) electrons. The van der Waals surface area contributed by atoms with Crippen LogP contribution in [0, 0.1) is 0 Å². The highest BCUT2D eigenvalue weighted by Gasteiger charge is 2.26. The van der Waals surface area contributed by atoms with E-state index in [1.807, 2.05) is 0 Å². The van der Waals surface area contributed by atoms with Crippen LogP contribution in [0.25, 0.3) is 0 Å². The van der Waals surface area contributed by atoms with Gasteiger partial charge in [-0.05, 0) is 30.3 Å². The van der Waals surface area contributed by atoms with E-state index in [0.29, 0.717) is 45.5 Å². The Labute approximate surface area is 173 Å². The molecule has 4 rings (SSSR count). The third kappa shape index (κ3) is 3.53. The number of nitrogens with zero attached hydrogens (tertiary/aromatic N) is 1. The van der Waals surface area contributed by atoms with Crippen molar-refractivity contribution in [2.45, 2.75) is 0 Å². The second kappa shape index (κ2) is 7.79. The maximum Gasteiger partial charge on any atom is 0.261 e. The largest absolute Gasteiger partial charge is 0.497 e. The Morgan fingerprint density at radius 2 is 1.63 bits per heavy atom. The normalized spacial score (nSPS) is 12.2. The van der Waals surface area contributed by atoms with Crippen LogP contribution in [0.1, 0.15) is 20.7 Å². The summed E-state index contributed by atoms with van der Waals surface area (Å²) in [5.74, 6) is 1.55. The molecular formula is C23H20N2O5. The van der Waals surface area contributed by atoms with Crippen molar-refractivity contribution >= 4 is 23.2 Å². The maximum absolute atomic E-state index is 12.9. The summed E-state index contributed by atoms with van der Waals surface area (Å²) >= 11 is 0. The summed E-state index contributed by atoms with van der Waals surface area (Å²) in [4.78, 5) is 27.2. The third-order valence-electron chi connectivity index (χ3n) is 4.83. The number of ether oxygens (including phenoxy) is 3. The molecule has 1 heterocycles. The SMILES string of the molecule is COc1cc(NC(=O)c2ccc3c(c2)N(C)C(=O)c2ccccc2O3)cc(OC)c1. The van der Waals surface area contributed by atoms with E-state index >= 15 is 0 Å². The van der Waals surface area contributed by atoms with Gasteiger partial charge in [0.25, 0.3) is 11.8 Å². The van der Waals surface area contributed by atoms with Crippen molar-refractivity contribution in [3.63, 3.8) is 0 Å². The van der Waals surface area contributed by atoms with E-state index in [2.05, 4.69) is 5.32 Å². The highest BCUT2D eigenvalue weighted by molar-refractivity contribution is 6.11. The minimum atomic E-state index is -0.337. The number of nitrogens with one attached hydrogen (secondary N) is 1. The van der Waals surface area contributed by atoms with Gasteiger partial charge in [0.1, 0.15) is 17.2 Å². The first-order valence-corrected chi connectivity index (χ1v) is 9.23. The molecule has 7 nitrogen and oxygen atoms in total. The second-order valence-electron chi connectivity index (χ2n) is 6.70. The molecule has 0 fully saturated rings. The number of methoxy groups -OCH3 is 2. The van der Waals surface area contributed by atoms with Gasteiger partial charge in [0.2, 0.25) is 0 Å². The number of para-hydroxylation sites is 1. The first kappa shape index (κ1) is 19.3. The standard InChI is InChI=1S/C23H20N2O5/c1-25-19-10-14(22(26)24-15-11-16(28-2)13-17(12-15)29-3)8-9-21(19)30-20-7-5-4-6-18(20)23(25)27/h4-13H,1-3H3,(H,24,26). The van der Waals surface area contributed by atoms with Crippen LogP contribution >= 0.6 is 0 Å². The van der Waals surface area contributed by atoms with Crippen molar-refractivity contribution in [1.82, 2.24) is 0 Å². The summed E-state index contributed by atoms with van der Waals surface area (Å²) in [7, 11) is 4.73. The Balaban J connectivity index is 1.65. The van der Waals surface area contributed by atoms with Gasteiger partial charge in [0, 0.05) is 36.5 Å². The number of rotatable bonds is 4. The second-order valence-corrected chi connectivity index (χ2v) is 6.70. The van der Waals surface area contributed by atoms with Gasteiger partial charge in [0.05, 0.1) is 25.5 Å². The summed E-state index contributed by atoms with van der Waals surface area (Å²) in [6.07, 6.45) is 0. The average Bonchev–Trinajstić information content (AvgIpc) is 2.88. The van der Waals surface area contributed by atoms with Crippen LogP contribution in [-0.2, 0) is 0 Å². The Morgan fingerprint density at radius 3 is 2.33 bits per heavy atom. The quantitative estimate of drug-likeness (QED) is 0.700. The first-order valence-electron chi connectivity index (χ1n) is 9.23. The van der Waals surface area contributed by atoms with Crippen molar-refractivity contribution < 1.29 is 23.8 Å². The molecule has 1 N–H and O–H groups in total. The molecule has 152 valence electrons. The fourth-order valence-electron chi connectivity index (χ4n) is 3.23. The van der Waals surface area contributed by atoms with E-state index in [0.717, 1.165) is 0 Å². The topological polar surface area (TPSA) is 77.1 Å². The van der Waals surface area contributed by atoms with Gasteiger partial charge in [-0.1, -0.05) is 12.1 Å². The lowest BCUT2D eigenvalue weighted by molar-refractivity contribution is 0.0989. The average molecular weight is 404 g/mol.